The zero-order valence-corrected chi connectivity index (χ0v) is 24.4. The Labute approximate surface area is 244 Å². The van der Waals surface area contributed by atoms with Crippen LogP contribution in [0.15, 0.2) is 95.9 Å². The molecule has 0 aliphatic carbocycles. The first-order chi connectivity index (χ1) is 19.7. The molecule has 0 bridgehead atoms. The zero-order valence-electron chi connectivity index (χ0n) is 22.8. The monoisotopic (exact) mass is 587 g/mol. The molecule has 9 heteroatoms. The highest BCUT2D eigenvalue weighted by atomic mass is 35.5. The van der Waals surface area contributed by atoms with Crippen molar-refractivity contribution in [2.24, 2.45) is 0 Å². The summed E-state index contributed by atoms with van der Waals surface area (Å²) in [6, 6.07) is 26.4. The first-order valence-corrected chi connectivity index (χ1v) is 15.2. The van der Waals surface area contributed by atoms with Crippen LogP contribution in [0, 0.1) is 0 Å². The number of carboxylic acids is 1. The lowest BCUT2D eigenvalue weighted by molar-refractivity contribution is 0.0697. The molecule has 1 heterocycles. The van der Waals surface area contributed by atoms with Gasteiger partial charge in [-0.1, -0.05) is 67.4 Å². The van der Waals surface area contributed by atoms with E-state index in [2.05, 4.69) is 11.5 Å². The van der Waals surface area contributed by atoms with Gasteiger partial charge in [0.25, 0.3) is 10.0 Å². The van der Waals surface area contributed by atoms with Crippen LogP contribution in [0.1, 0.15) is 41.5 Å². The van der Waals surface area contributed by atoms with Crippen molar-refractivity contribution < 1.29 is 18.3 Å². The fourth-order valence-electron chi connectivity index (χ4n) is 4.86. The number of sulfonamides is 1. The third kappa shape index (κ3) is 5.85. The molecule has 1 N–H and O–H groups in total. The molecule has 0 saturated heterocycles. The highest BCUT2D eigenvalue weighted by Crippen LogP contribution is 2.29. The molecule has 5 aromatic rings. The van der Waals surface area contributed by atoms with Crippen LogP contribution in [0.25, 0.3) is 22.2 Å². The maximum absolute atomic E-state index is 13.3. The minimum absolute atomic E-state index is 0.159. The summed E-state index contributed by atoms with van der Waals surface area (Å²) in [5.74, 6) is -0.0310. The number of nitrogens with zero attached hydrogens (tertiary/aromatic N) is 3. The Bertz CT molecular complexity index is 1810. The first-order valence-electron chi connectivity index (χ1n) is 13.3. The summed E-state index contributed by atoms with van der Waals surface area (Å²) in [7, 11) is -2.25. The standard InChI is InChI=1S/C32H30ClN3O4S/c1-3-4-9-31-34-29-19-16-25(35(2)41(39,40)26-17-14-24(33)15-18-26)20-30(29)36(31)21-22-10-12-23(13-11-22)27-7-5-6-8-28(27)32(37)38/h5-8,10-20H,3-4,9,21H2,1-2H3,(H,37,38). The number of hydrogen-bond acceptors (Lipinski definition) is 4. The van der Waals surface area contributed by atoms with Gasteiger partial charge in [-0.3, -0.25) is 4.31 Å². The summed E-state index contributed by atoms with van der Waals surface area (Å²) in [6.07, 6.45) is 2.80. The Morgan fingerprint density at radius 2 is 1.68 bits per heavy atom. The number of unbranched alkanes of at least 4 members (excludes halogenated alkanes) is 1. The SMILES string of the molecule is CCCCc1nc2ccc(N(C)S(=O)(=O)c3ccc(Cl)cc3)cc2n1Cc1ccc(-c2ccccc2C(=O)O)cc1. The van der Waals surface area contributed by atoms with E-state index in [0.717, 1.165) is 47.2 Å². The van der Waals surface area contributed by atoms with E-state index in [0.29, 0.717) is 22.8 Å². The molecule has 0 unspecified atom stereocenters. The normalized spacial score (nSPS) is 11.6. The van der Waals surface area contributed by atoms with Gasteiger partial charge in [-0.25, -0.2) is 18.2 Å². The van der Waals surface area contributed by atoms with Crippen LogP contribution < -0.4 is 4.31 Å². The van der Waals surface area contributed by atoms with Gasteiger partial charge in [-0.2, -0.15) is 0 Å². The number of hydrogen-bond donors (Lipinski definition) is 1. The minimum Gasteiger partial charge on any atom is -0.478 e. The average molecular weight is 588 g/mol. The highest BCUT2D eigenvalue weighted by molar-refractivity contribution is 7.92. The van der Waals surface area contributed by atoms with Crippen LogP contribution in [0.3, 0.4) is 0 Å². The molecule has 210 valence electrons. The van der Waals surface area contributed by atoms with E-state index in [1.807, 2.05) is 42.5 Å². The largest absolute Gasteiger partial charge is 0.478 e. The van der Waals surface area contributed by atoms with Crippen LogP contribution in [-0.2, 0) is 23.0 Å². The van der Waals surface area contributed by atoms with E-state index < -0.39 is 16.0 Å². The molecule has 41 heavy (non-hydrogen) atoms. The number of rotatable bonds is 10. The lowest BCUT2D eigenvalue weighted by atomic mass is 9.99. The van der Waals surface area contributed by atoms with Gasteiger partial charge < -0.3 is 9.67 Å². The average Bonchev–Trinajstić information content (AvgIpc) is 3.32. The molecule has 7 nitrogen and oxygen atoms in total. The fraction of sp³-hybridized carbons (Fsp3) is 0.188. The summed E-state index contributed by atoms with van der Waals surface area (Å²) in [5.41, 5.74) is 4.93. The molecule has 0 radical (unpaired) electrons. The molecule has 1 aromatic heterocycles. The van der Waals surface area contributed by atoms with Gasteiger partial charge in [-0.15, -0.1) is 0 Å². The number of aromatic nitrogens is 2. The smallest absolute Gasteiger partial charge is 0.336 e. The minimum atomic E-state index is -3.79. The molecule has 0 atom stereocenters. The predicted molar refractivity (Wildman–Crippen MR) is 163 cm³/mol. The molecule has 5 rings (SSSR count). The molecule has 0 aliphatic rings. The van der Waals surface area contributed by atoms with E-state index in [1.54, 1.807) is 36.4 Å². The molecule has 0 fully saturated rings. The summed E-state index contributed by atoms with van der Waals surface area (Å²) >= 11 is 5.96. The number of anilines is 1. The van der Waals surface area contributed by atoms with Gasteiger partial charge in [0, 0.05) is 25.0 Å². The summed E-state index contributed by atoms with van der Waals surface area (Å²) in [4.78, 5) is 16.7. The van der Waals surface area contributed by atoms with E-state index in [-0.39, 0.29) is 10.5 Å². The Morgan fingerprint density at radius 3 is 2.37 bits per heavy atom. The van der Waals surface area contributed by atoms with E-state index in [1.165, 1.54) is 23.5 Å². The second-order valence-electron chi connectivity index (χ2n) is 9.86. The van der Waals surface area contributed by atoms with Crippen LogP contribution >= 0.6 is 11.6 Å². The first kappa shape index (κ1) is 28.4. The van der Waals surface area contributed by atoms with Crippen molar-refractivity contribution in [2.45, 2.75) is 37.6 Å². The maximum Gasteiger partial charge on any atom is 0.336 e. The van der Waals surface area contributed by atoms with Gasteiger partial charge >= 0.3 is 5.97 Å². The Balaban J connectivity index is 1.51. The number of carboxylic acid groups (broad SMARTS) is 1. The van der Waals surface area contributed by atoms with Crippen molar-refractivity contribution in [1.29, 1.82) is 0 Å². The number of fused-ring (bicyclic) bond motifs is 1. The third-order valence-corrected chi connectivity index (χ3v) is 9.22. The number of benzene rings is 4. The Hall–Kier alpha value is -4.14. The van der Waals surface area contributed by atoms with Crippen LogP contribution in [0.4, 0.5) is 5.69 Å². The Morgan fingerprint density at radius 1 is 0.976 bits per heavy atom. The summed E-state index contributed by atoms with van der Waals surface area (Å²) in [6.45, 7) is 2.67. The fourth-order valence-corrected chi connectivity index (χ4v) is 6.17. The van der Waals surface area contributed by atoms with Crippen LogP contribution in [0.5, 0.6) is 0 Å². The molecule has 0 aliphatic heterocycles. The van der Waals surface area contributed by atoms with Crippen LogP contribution in [0.2, 0.25) is 5.02 Å². The number of aromatic carboxylic acids is 1. The van der Waals surface area contributed by atoms with Crippen LogP contribution in [-0.4, -0.2) is 36.1 Å². The second-order valence-corrected chi connectivity index (χ2v) is 12.3. The predicted octanol–water partition coefficient (Wildman–Crippen LogP) is 7.27. The van der Waals surface area contributed by atoms with Gasteiger partial charge in [-0.05, 0) is 71.6 Å². The lowest BCUT2D eigenvalue weighted by Crippen LogP contribution is -2.26. The summed E-state index contributed by atoms with van der Waals surface area (Å²) < 4.78 is 30.1. The molecule has 0 saturated carbocycles. The topological polar surface area (TPSA) is 92.5 Å². The van der Waals surface area contributed by atoms with Gasteiger partial charge in [0.05, 0.1) is 27.2 Å². The van der Waals surface area contributed by atoms with E-state index >= 15 is 0 Å². The van der Waals surface area contributed by atoms with Crippen molar-refractivity contribution in [3.05, 3.63) is 113 Å². The second kappa shape index (κ2) is 11.8. The quantitative estimate of drug-likeness (QED) is 0.185. The van der Waals surface area contributed by atoms with Gasteiger partial charge in [0.1, 0.15) is 5.82 Å². The van der Waals surface area contributed by atoms with E-state index in [9.17, 15) is 18.3 Å². The molecule has 0 spiro atoms. The Kier molecular flexibility index (Phi) is 8.15. The third-order valence-electron chi connectivity index (χ3n) is 7.16. The number of imidazole rings is 1. The number of halogens is 1. The van der Waals surface area contributed by atoms with Crippen molar-refractivity contribution in [2.75, 3.05) is 11.4 Å². The maximum atomic E-state index is 13.3. The number of aryl methyl sites for hydroxylation is 1. The zero-order chi connectivity index (χ0) is 29.1. The van der Waals surface area contributed by atoms with Crippen molar-refractivity contribution in [3.63, 3.8) is 0 Å². The number of carbonyl (C=O) groups is 1. The van der Waals surface area contributed by atoms with Crippen molar-refractivity contribution in [1.82, 2.24) is 9.55 Å². The van der Waals surface area contributed by atoms with Gasteiger partial charge in [0.15, 0.2) is 0 Å². The molecule has 4 aromatic carbocycles. The summed E-state index contributed by atoms with van der Waals surface area (Å²) in [5, 5.41) is 10.1. The molecular formula is C32H30ClN3O4S. The molecule has 0 amide bonds. The van der Waals surface area contributed by atoms with Crippen molar-refractivity contribution in [3.8, 4) is 11.1 Å². The van der Waals surface area contributed by atoms with E-state index in [4.69, 9.17) is 16.6 Å². The molecular weight excluding hydrogens is 558 g/mol. The lowest BCUT2D eigenvalue weighted by Gasteiger charge is -2.20. The van der Waals surface area contributed by atoms with Crippen molar-refractivity contribution >= 4 is 44.3 Å². The highest BCUT2D eigenvalue weighted by Gasteiger charge is 2.22. The van der Waals surface area contributed by atoms with Gasteiger partial charge in [0.2, 0.25) is 0 Å².